The molecule has 290 valence electrons. The monoisotopic (exact) mass is 761 g/mol. The highest BCUT2D eigenvalue weighted by Crippen LogP contribution is 2.29. The number of hydrogen-bond acceptors (Lipinski definition) is 7. The molecule has 2 atom stereocenters. The van der Waals surface area contributed by atoms with E-state index in [0.717, 1.165) is 80.6 Å². The number of likely N-dealkylation sites (tertiary alicyclic amines) is 1. The van der Waals surface area contributed by atoms with Crippen LogP contribution in [0.25, 0.3) is 21.5 Å². The lowest BCUT2D eigenvalue weighted by atomic mass is 9.96. The summed E-state index contributed by atoms with van der Waals surface area (Å²) in [7, 11) is 0. The van der Waals surface area contributed by atoms with Crippen molar-refractivity contribution < 1.29 is 14.4 Å². The lowest BCUT2D eigenvalue weighted by molar-refractivity contribution is -0.121. The van der Waals surface area contributed by atoms with Crippen molar-refractivity contribution in [1.29, 1.82) is 0 Å². The van der Waals surface area contributed by atoms with E-state index in [0.29, 0.717) is 42.4 Å². The molecule has 4 N–H and O–H groups in total. The van der Waals surface area contributed by atoms with Crippen LogP contribution in [-0.2, 0) is 11.3 Å². The Hall–Kier alpha value is -4.87. The molecule has 10 nitrogen and oxygen atoms in total. The predicted molar refractivity (Wildman–Crippen MR) is 223 cm³/mol. The summed E-state index contributed by atoms with van der Waals surface area (Å²) in [5.74, 6) is 0.845. The van der Waals surface area contributed by atoms with Gasteiger partial charge in [-0.3, -0.25) is 19.3 Å². The number of nitrogens with zero attached hydrogens (tertiary/aromatic N) is 3. The highest BCUT2D eigenvalue weighted by Gasteiger charge is 2.21. The molecular formula is C44H55N7O3S. The van der Waals surface area contributed by atoms with Crippen molar-refractivity contribution in [3.63, 3.8) is 0 Å². The maximum atomic E-state index is 13.0. The first kappa shape index (κ1) is 39.8. The summed E-state index contributed by atoms with van der Waals surface area (Å²) >= 11 is 1.65. The molecule has 5 aromatic rings. The van der Waals surface area contributed by atoms with Gasteiger partial charge < -0.3 is 20.9 Å². The highest BCUT2D eigenvalue weighted by molar-refractivity contribution is 7.13. The first-order valence-electron chi connectivity index (χ1n) is 19.9. The van der Waals surface area contributed by atoms with Gasteiger partial charge in [0, 0.05) is 42.4 Å². The summed E-state index contributed by atoms with van der Waals surface area (Å²) < 4.78 is 0. The van der Waals surface area contributed by atoms with Crippen LogP contribution in [0.2, 0.25) is 0 Å². The molecule has 1 saturated heterocycles. The van der Waals surface area contributed by atoms with E-state index in [1.54, 1.807) is 35.6 Å². The van der Waals surface area contributed by atoms with Crippen LogP contribution in [0, 0.1) is 6.92 Å². The largest absolute Gasteiger partial charge is 0.356 e. The molecule has 11 heteroatoms. The molecular weight excluding hydrogens is 707 g/mol. The van der Waals surface area contributed by atoms with E-state index in [9.17, 15) is 14.4 Å². The normalized spacial score (nSPS) is 14.9. The zero-order chi connectivity index (χ0) is 38.6. The smallest absolute Gasteiger partial charge is 0.255 e. The minimum Gasteiger partial charge on any atom is -0.356 e. The number of hydrogen-bond donors (Lipinski definition) is 4. The standard InChI is InChI=1S/C44H55N7O3S/c1-30(33-13-15-34(16-14-33)42-32(3)47-29-55-42)26-41(52)45-23-9-7-5-4-6-8-10-24-46-43(53)35-17-19-36(20-18-35)44(54)48-37-21-22-38-39(27-37)50-40(49-38)28-51-25-11-12-31(51)2/h13-22,27,29-31H,4-12,23-26,28H2,1-3H3,(H,45,52)(H,46,53)(H,48,54)(H,49,50)/t30-,31-/m0/s1. The van der Waals surface area contributed by atoms with Gasteiger partial charge >= 0.3 is 0 Å². The maximum Gasteiger partial charge on any atom is 0.255 e. The van der Waals surface area contributed by atoms with Crippen LogP contribution >= 0.6 is 11.3 Å². The van der Waals surface area contributed by atoms with Gasteiger partial charge in [-0.25, -0.2) is 9.97 Å². The van der Waals surface area contributed by atoms with E-state index in [1.807, 2.05) is 30.6 Å². The van der Waals surface area contributed by atoms with Crippen LogP contribution in [-0.4, -0.2) is 63.2 Å². The third kappa shape index (κ3) is 11.3. The first-order valence-corrected chi connectivity index (χ1v) is 20.8. The Morgan fingerprint density at radius 2 is 1.55 bits per heavy atom. The van der Waals surface area contributed by atoms with E-state index in [-0.39, 0.29) is 23.6 Å². The van der Waals surface area contributed by atoms with Gasteiger partial charge in [0.1, 0.15) is 5.82 Å². The number of amides is 3. The number of unbranched alkanes of at least 4 members (excludes halogenated alkanes) is 6. The molecule has 2 aromatic heterocycles. The molecule has 0 radical (unpaired) electrons. The molecule has 3 aromatic carbocycles. The van der Waals surface area contributed by atoms with Crippen LogP contribution in [0.3, 0.4) is 0 Å². The van der Waals surface area contributed by atoms with Crippen LogP contribution in [0.4, 0.5) is 5.69 Å². The molecule has 0 aliphatic carbocycles. The fourth-order valence-corrected chi connectivity index (χ4v) is 8.09. The molecule has 1 aliphatic heterocycles. The summed E-state index contributed by atoms with van der Waals surface area (Å²) in [4.78, 5) is 54.3. The molecule has 3 amide bonds. The number of aryl methyl sites for hydroxylation is 1. The topological polar surface area (TPSA) is 132 Å². The van der Waals surface area contributed by atoms with Gasteiger partial charge in [-0.1, -0.05) is 63.3 Å². The van der Waals surface area contributed by atoms with Gasteiger partial charge in [0.05, 0.1) is 33.7 Å². The Morgan fingerprint density at radius 3 is 2.20 bits per heavy atom. The average molecular weight is 762 g/mol. The Labute approximate surface area is 328 Å². The second-order valence-corrected chi connectivity index (χ2v) is 15.8. The number of benzene rings is 3. The van der Waals surface area contributed by atoms with E-state index in [4.69, 9.17) is 4.98 Å². The van der Waals surface area contributed by atoms with Crippen molar-refractivity contribution in [2.75, 3.05) is 25.0 Å². The zero-order valence-electron chi connectivity index (χ0n) is 32.5. The number of H-pyrrole nitrogens is 1. The molecule has 0 spiro atoms. The number of carbonyl (C=O) groups is 3. The van der Waals surface area contributed by atoms with Crippen LogP contribution in [0.5, 0.6) is 0 Å². The Bertz CT molecular complexity index is 2020. The number of aromatic amines is 1. The van der Waals surface area contributed by atoms with Crippen molar-refractivity contribution >= 4 is 45.8 Å². The van der Waals surface area contributed by atoms with Crippen LogP contribution in [0.1, 0.15) is 122 Å². The van der Waals surface area contributed by atoms with E-state index >= 15 is 0 Å². The molecule has 6 rings (SSSR count). The fourth-order valence-electron chi connectivity index (χ4n) is 7.28. The molecule has 0 bridgehead atoms. The molecule has 0 unspecified atom stereocenters. The lowest BCUT2D eigenvalue weighted by Crippen LogP contribution is -2.26. The molecule has 0 saturated carbocycles. The van der Waals surface area contributed by atoms with Gasteiger partial charge in [0.15, 0.2) is 0 Å². The summed E-state index contributed by atoms with van der Waals surface area (Å²) in [6, 6.07) is 21.5. The Morgan fingerprint density at radius 1 is 0.873 bits per heavy atom. The molecule has 3 heterocycles. The maximum absolute atomic E-state index is 13.0. The predicted octanol–water partition coefficient (Wildman–Crippen LogP) is 9.00. The van der Waals surface area contributed by atoms with Crippen molar-refractivity contribution in [1.82, 2.24) is 30.5 Å². The number of thiazole rings is 1. The number of aromatic nitrogens is 3. The van der Waals surface area contributed by atoms with Crippen molar-refractivity contribution in [3.05, 3.63) is 100 Å². The van der Waals surface area contributed by atoms with E-state index in [1.165, 1.54) is 28.8 Å². The molecule has 1 aliphatic rings. The third-order valence-corrected chi connectivity index (χ3v) is 11.7. The SMILES string of the molecule is Cc1ncsc1-c1ccc([C@@H](C)CC(=O)NCCCCCCCCCNC(=O)c2ccc(C(=O)Nc3ccc4[nH]c(CN5CCC[C@@H]5C)nc4c3)cc2)cc1. The van der Waals surface area contributed by atoms with Crippen molar-refractivity contribution in [2.45, 2.75) is 103 Å². The first-order chi connectivity index (χ1) is 26.7. The zero-order valence-corrected chi connectivity index (χ0v) is 33.3. The van der Waals surface area contributed by atoms with E-state index < -0.39 is 0 Å². The summed E-state index contributed by atoms with van der Waals surface area (Å²) in [6.07, 6.45) is 10.4. The number of anilines is 1. The van der Waals surface area contributed by atoms with Gasteiger partial charge in [0.2, 0.25) is 5.91 Å². The molecule has 55 heavy (non-hydrogen) atoms. The van der Waals surface area contributed by atoms with Gasteiger partial charge in [-0.2, -0.15) is 0 Å². The lowest BCUT2D eigenvalue weighted by Gasteiger charge is -2.19. The van der Waals surface area contributed by atoms with Crippen LogP contribution < -0.4 is 16.0 Å². The molecule has 1 fully saturated rings. The number of imidazole rings is 1. The number of rotatable bonds is 19. The second-order valence-electron chi connectivity index (χ2n) is 15.0. The summed E-state index contributed by atoms with van der Waals surface area (Å²) in [5.41, 5.74) is 8.75. The average Bonchev–Trinajstić information content (AvgIpc) is 3.92. The Balaban J connectivity index is 0.792. The highest BCUT2D eigenvalue weighted by atomic mass is 32.1. The van der Waals surface area contributed by atoms with Crippen LogP contribution in [0.15, 0.2) is 72.2 Å². The van der Waals surface area contributed by atoms with Gasteiger partial charge in [-0.05, 0) is 106 Å². The number of nitrogens with one attached hydrogen (secondary N) is 4. The van der Waals surface area contributed by atoms with Gasteiger partial charge in [0.25, 0.3) is 11.8 Å². The number of fused-ring (bicyclic) bond motifs is 1. The quantitative estimate of drug-likeness (QED) is 0.0622. The second kappa shape index (κ2) is 19.6. The fraction of sp³-hybridized carbons (Fsp3) is 0.432. The van der Waals surface area contributed by atoms with E-state index in [2.05, 4.69) is 68.9 Å². The minimum absolute atomic E-state index is 0.106. The third-order valence-electron chi connectivity index (χ3n) is 10.7. The Kier molecular flexibility index (Phi) is 14.2. The van der Waals surface area contributed by atoms with Gasteiger partial charge in [-0.15, -0.1) is 11.3 Å². The number of carbonyl (C=O) groups excluding carboxylic acids is 3. The summed E-state index contributed by atoms with van der Waals surface area (Å²) in [6.45, 7) is 9.63. The summed E-state index contributed by atoms with van der Waals surface area (Å²) in [5, 5.41) is 9.05. The van der Waals surface area contributed by atoms with Crippen molar-refractivity contribution in [3.8, 4) is 10.4 Å². The minimum atomic E-state index is -0.233. The van der Waals surface area contributed by atoms with Crippen molar-refractivity contribution in [2.24, 2.45) is 0 Å².